The molecule has 0 spiro atoms. The van der Waals surface area contributed by atoms with Gasteiger partial charge >= 0.3 is 6.18 Å². The van der Waals surface area contributed by atoms with E-state index < -0.39 is 11.2 Å². The lowest BCUT2D eigenvalue weighted by Crippen LogP contribution is -2.11. The number of aromatic nitrogens is 2. The highest BCUT2D eigenvalue weighted by Crippen LogP contribution is 2.32. The molecule has 0 saturated heterocycles. The number of nitrogens with two attached hydrogens (primary N) is 1. The maximum atomic E-state index is 12.3. The van der Waals surface area contributed by atoms with Crippen LogP contribution in [0.2, 0.25) is 0 Å². The third-order valence-corrected chi connectivity index (χ3v) is 3.12. The van der Waals surface area contributed by atoms with Crippen molar-refractivity contribution in [2.45, 2.75) is 6.18 Å². The highest BCUT2D eigenvalue weighted by molar-refractivity contribution is 7.15. The molecular weight excluding hydrogens is 293 g/mol. The van der Waals surface area contributed by atoms with Gasteiger partial charge in [0.05, 0.1) is 6.54 Å². The molecule has 0 bridgehead atoms. The Kier molecular flexibility index (Phi) is 4.28. The van der Waals surface area contributed by atoms with Crippen LogP contribution in [0.5, 0.6) is 5.75 Å². The van der Waals surface area contributed by atoms with E-state index in [2.05, 4.69) is 15.5 Å². The predicted molar refractivity (Wildman–Crippen MR) is 69.8 cm³/mol. The van der Waals surface area contributed by atoms with Crippen molar-refractivity contribution in [3.8, 4) is 5.75 Å². The van der Waals surface area contributed by atoms with E-state index in [4.69, 9.17) is 10.5 Å². The average molecular weight is 304 g/mol. The number of rotatable bonds is 5. The number of nitrogens with zero attached hydrogens (tertiary/aromatic N) is 2. The number of halogens is 3. The molecule has 0 fully saturated rings. The maximum Gasteiger partial charge on any atom is 0.445 e. The van der Waals surface area contributed by atoms with Gasteiger partial charge in [0.15, 0.2) is 0 Å². The zero-order valence-electron chi connectivity index (χ0n) is 10.1. The first-order valence-electron chi connectivity index (χ1n) is 5.58. The van der Waals surface area contributed by atoms with Crippen molar-refractivity contribution in [2.24, 2.45) is 0 Å². The van der Waals surface area contributed by atoms with Crippen molar-refractivity contribution in [1.82, 2.24) is 10.2 Å². The monoisotopic (exact) mass is 304 g/mol. The molecule has 0 amide bonds. The highest BCUT2D eigenvalue weighted by Gasteiger charge is 2.35. The van der Waals surface area contributed by atoms with Crippen molar-refractivity contribution in [1.29, 1.82) is 0 Å². The minimum atomic E-state index is -4.46. The number of benzene rings is 1. The fourth-order valence-electron chi connectivity index (χ4n) is 1.30. The molecule has 108 valence electrons. The molecule has 0 atom stereocenters. The minimum Gasteiger partial charge on any atom is -0.492 e. The Labute approximate surface area is 116 Å². The molecule has 2 rings (SSSR count). The first-order chi connectivity index (χ1) is 9.45. The number of alkyl halides is 3. The lowest BCUT2D eigenvalue weighted by Gasteiger charge is -2.06. The Balaban J connectivity index is 1.76. The van der Waals surface area contributed by atoms with Crippen LogP contribution in [-0.2, 0) is 6.18 Å². The molecule has 1 aromatic heterocycles. The molecule has 2 aromatic rings. The smallest absolute Gasteiger partial charge is 0.445 e. The van der Waals surface area contributed by atoms with Crippen molar-refractivity contribution in [3.05, 3.63) is 29.3 Å². The number of ether oxygens (including phenoxy) is 1. The van der Waals surface area contributed by atoms with Crippen LogP contribution in [-0.4, -0.2) is 23.3 Å². The summed E-state index contributed by atoms with van der Waals surface area (Å²) in [6.45, 7) is 0.599. The van der Waals surface area contributed by atoms with Crippen LogP contribution in [0, 0.1) is 0 Å². The van der Waals surface area contributed by atoms with Gasteiger partial charge in [-0.3, -0.25) is 0 Å². The molecule has 3 N–H and O–H groups in total. The zero-order chi connectivity index (χ0) is 14.6. The van der Waals surface area contributed by atoms with Crippen LogP contribution in [0.1, 0.15) is 5.01 Å². The first kappa shape index (κ1) is 14.4. The molecule has 0 aliphatic heterocycles. The molecule has 0 unspecified atom stereocenters. The van der Waals surface area contributed by atoms with Gasteiger partial charge in [-0.2, -0.15) is 13.2 Å². The second-order valence-corrected chi connectivity index (χ2v) is 4.73. The van der Waals surface area contributed by atoms with Crippen LogP contribution in [0.25, 0.3) is 0 Å². The summed E-state index contributed by atoms with van der Waals surface area (Å²) in [5, 5.41) is 8.32. The van der Waals surface area contributed by atoms with Crippen molar-refractivity contribution in [3.63, 3.8) is 0 Å². The molecular formula is C11H11F3N4OS. The molecule has 0 aliphatic carbocycles. The van der Waals surface area contributed by atoms with Crippen molar-refractivity contribution >= 4 is 22.2 Å². The predicted octanol–water partition coefficient (Wildman–Crippen LogP) is 2.63. The van der Waals surface area contributed by atoms with E-state index >= 15 is 0 Å². The summed E-state index contributed by atoms with van der Waals surface area (Å²) in [6, 6.07) is 6.82. The van der Waals surface area contributed by atoms with E-state index in [0.29, 0.717) is 29.3 Å². The maximum absolute atomic E-state index is 12.3. The molecule has 0 saturated carbocycles. The van der Waals surface area contributed by atoms with Crippen LogP contribution < -0.4 is 15.8 Å². The molecule has 5 nitrogen and oxygen atoms in total. The van der Waals surface area contributed by atoms with Gasteiger partial charge in [0.2, 0.25) is 10.1 Å². The SMILES string of the molecule is Nc1ccc(OCCNc2nnc(C(F)(F)F)s2)cc1. The van der Waals surface area contributed by atoms with E-state index in [-0.39, 0.29) is 11.7 Å². The summed E-state index contributed by atoms with van der Waals surface area (Å²) in [5.41, 5.74) is 6.15. The Morgan fingerprint density at radius 3 is 2.50 bits per heavy atom. The number of anilines is 2. The Morgan fingerprint density at radius 1 is 1.20 bits per heavy atom. The van der Waals surface area contributed by atoms with E-state index in [9.17, 15) is 13.2 Å². The molecule has 1 heterocycles. The summed E-state index contributed by atoms with van der Waals surface area (Å²) < 4.78 is 42.2. The van der Waals surface area contributed by atoms with E-state index in [1.54, 1.807) is 24.3 Å². The lowest BCUT2D eigenvalue weighted by molar-refractivity contribution is -0.138. The largest absolute Gasteiger partial charge is 0.492 e. The molecule has 9 heteroatoms. The fraction of sp³-hybridized carbons (Fsp3) is 0.273. The van der Waals surface area contributed by atoms with Gasteiger partial charge in [-0.1, -0.05) is 11.3 Å². The van der Waals surface area contributed by atoms with Gasteiger partial charge in [0.25, 0.3) is 0 Å². The van der Waals surface area contributed by atoms with Crippen molar-refractivity contribution in [2.75, 3.05) is 24.2 Å². The standard InChI is InChI=1S/C11H11F3N4OS/c12-11(13,14)9-17-18-10(20-9)16-5-6-19-8-3-1-7(15)2-4-8/h1-4H,5-6,15H2,(H,16,18). The van der Waals surface area contributed by atoms with E-state index in [1.807, 2.05) is 0 Å². The fourth-order valence-corrected chi connectivity index (χ4v) is 1.94. The normalized spacial score (nSPS) is 11.3. The Morgan fingerprint density at radius 2 is 1.90 bits per heavy atom. The second-order valence-electron chi connectivity index (χ2n) is 3.75. The van der Waals surface area contributed by atoms with Gasteiger partial charge in [-0.05, 0) is 24.3 Å². The summed E-state index contributed by atoms with van der Waals surface area (Å²) in [6.07, 6.45) is -4.46. The van der Waals surface area contributed by atoms with Crippen LogP contribution in [0.15, 0.2) is 24.3 Å². The number of hydrogen-bond donors (Lipinski definition) is 2. The first-order valence-corrected chi connectivity index (χ1v) is 6.40. The number of nitrogen functional groups attached to an aromatic ring is 1. The Hall–Kier alpha value is -2.03. The van der Waals surface area contributed by atoms with Crippen LogP contribution in [0.3, 0.4) is 0 Å². The number of hydrogen-bond acceptors (Lipinski definition) is 6. The summed E-state index contributed by atoms with van der Waals surface area (Å²) in [7, 11) is 0. The third kappa shape index (κ3) is 3.98. The van der Waals surface area contributed by atoms with E-state index in [1.165, 1.54) is 0 Å². The zero-order valence-corrected chi connectivity index (χ0v) is 11.0. The third-order valence-electron chi connectivity index (χ3n) is 2.19. The lowest BCUT2D eigenvalue weighted by atomic mass is 10.3. The highest BCUT2D eigenvalue weighted by atomic mass is 32.1. The molecule has 0 aliphatic rings. The average Bonchev–Trinajstić information content (AvgIpc) is 2.85. The second kappa shape index (κ2) is 5.95. The molecule has 20 heavy (non-hydrogen) atoms. The Bertz CT molecular complexity index is 556. The number of nitrogens with one attached hydrogen (secondary N) is 1. The van der Waals surface area contributed by atoms with Crippen LogP contribution in [0.4, 0.5) is 24.0 Å². The minimum absolute atomic E-state index is 0.109. The van der Waals surface area contributed by atoms with Crippen molar-refractivity contribution < 1.29 is 17.9 Å². The summed E-state index contributed by atoms with van der Waals surface area (Å²) in [5.74, 6) is 0.634. The summed E-state index contributed by atoms with van der Waals surface area (Å²) in [4.78, 5) is 0. The summed E-state index contributed by atoms with van der Waals surface area (Å²) >= 11 is 0.458. The quantitative estimate of drug-likeness (QED) is 0.656. The molecule has 0 radical (unpaired) electrons. The van der Waals surface area contributed by atoms with Gasteiger partial charge in [0.1, 0.15) is 12.4 Å². The van der Waals surface area contributed by atoms with E-state index in [0.717, 1.165) is 0 Å². The van der Waals surface area contributed by atoms with Gasteiger partial charge in [-0.15, -0.1) is 10.2 Å². The molecule has 1 aromatic carbocycles. The van der Waals surface area contributed by atoms with Gasteiger partial charge < -0.3 is 15.8 Å². The van der Waals surface area contributed by atoms with Gasteiger partial charge in [-0.25, -0.2) is 0 Å². The van der Waals surface area contributed by atoms with Gasteiger partial charge in [0, 0.05) is 5.69 Å². The topological polar surface area (TPSA) is 73.1 Å². The van der Waals surface area contributed by atoms with Crippen LogP contribution >= 0.6 is 11.3 Å².